The van der Waals surface area contributed by atoms with Gasteiger partial charge in [0.15, 0.2) is 0 Å². The third kappa shape index (κ3) is 5.91. The molecule has 0 amide bonds. The van der Waals surface area contributed by atoms with Crippen molar-refractivity contribution in [3.63, 3.8) is 0 Å². The quantitative estimate of drug-likeness (QED) is 0.515. The average molecular weight is 270 g/mol. The van der Waals surface area contributed by atoms with Gasteiger partial charge in [-0.3, -0.25) is 4.79 Å². The highest BCUT2D eigenvalue weighted by Gasteiger charge is 2.30. The van der Waals surface area contributed by atoms with Crippen LogP contribution in [0.5, 0.6) is 0 Å². The topological polar surface area (TPSA) is 55.6 Å². The molecule has 112 valence electrons. The first-order valence-electron chi connectivity index (χ1n) is 7.48. The Bertz CT molecular complexity index is 286. The normalized spacial score (nSPS) is 18.7. The van der Waals surface area contributed by atoms with Crippen molar-refractivity contribution in [3.8, 4) is 0 Å². The zero-order valence-corrected chi connectivity index (χ0v) is 12.9. The van der Waals surface area contributed by atoms with Crippen molar-refractivity contribution in [3.05, 3.63) is 0 Å². The van der Waals surface area contributed by atoms with Gasteiger partial charge in [-0.2, -0.15) is 0 Å². The molecule has 2 N–H and O–H groups in total. The summed E-state index contributed by atoms with van der Waals surface area (Å²) in [6, 6.07) is 0.812. The summed E-state index contributed by atoms with van der Waals surface area (Å²) in [6.07, 6.45) is 5.48. The summed E-state index contributed by atoms with van der Waals surface area (Å²) in [4.78, 5) is 14.1. The van der Waals surface area contributed by atoms with Crippen LogP contribution in [0, 0.1) is 5.92 Å². The molecule has 0 aromatic carbocycles. The minimum Gasteiger partial charge on any atom is -0.468 e. The second-order valence-corrected chi connectivity index (χ2v) is 6.49. The van der Waals surface area contributed by atoms with Crippen LogP contribution in [0.3, 0.4) is 0 Å². The van der Waals surface area contributed by atoms with E-state index >= 15 is 0 Å². The SMILES string of the molecule is COC(=O)C(C)(N)CCCCN(CC(C)C)C1CC1. The van der Waals surface area contributed by atoms with Crippen LogP contribution in [0.2, 0.25) is 0 Å². The Morgan fingerprint density at radius 2 is 2.05 bits per heavy atom. The van der Waals surface area contributed by atoms with E-state index in [1.54, 1.807) is 6.92 Å². The smallest absolute Gasteiger partial charge is 0.325 e. The summed E-state index contributed by atoms with van der Waals surface area (Å²) >= 11 is 0. The number of methoxy groups -OCH3 is 1. The predicted molar refractivity (Wildman–Crippen MR) is 77.9 cm³/mol. The molecule has 0 aromatic rings. The van der Waals surface area contributed by atoms with E-state index in [0.717, 1.165) is 31.3 Å². The fraction of sp³-hybridized carbons (Fsp3) is 0.933. The summed E-state index contributed by atoms with van der Waals surface area (Å²) in [6.45, 7) is 8.60. The van der Waals surface area contributed by atoms with Gasteiger partial charge < -0.3 is 15.4 Å². The van der Waals surface area contributed by atoms with Gasteiger partial charge in [0.1, 0.15) is 5.54 Å². The number of nitrogens with zero attached hydrogens (tertiary/aromatic N) is 1. The van der Waals surface area contributed by atoms with Gasteiger partial charge in [-0.05, 0) is 51.5 Å². The van der Waals surface area contributed by atoms with E-state index < -0.39 is 5.54 Å². The van der Waals surface area contributed by atoms with Gasteiger partial charge in [0.05, 0.1) is 7.11 Å². The third-order valence-corrected chi connectivity index (χ3v) is 3.71. The molecule has 0 radical (unpaired) electrons. The van der Waals surface area contributed by atoms with Crippen LogP contribution in [0.25, 0.3) is 0 Å². The number of hydrogen-bond donors (Lipinski definition) is 1. The van der Waals surface area contributed by atoms with Gasteiger partial charge in [-0.1, -0.05) is 13.8 Å². The molecule has 1 unspecified atom stereocenters. The van der Waals surface area contributed by atoms with Gasteiger partial charge in [0.2, 0.25) is 0 Å². The lowest BCUT2D eigenvalue weighted by Gasteiger charge is -2.25. The van der Waals surface area contributed by atoms with Gasteiger partial charge in [-0.25, -0.2) is 0 Å². The second kappa shape index (κ2) is 7.25. The van der Waals surface area contributed by atoms with E-state index in [1.807, 2.05) is 0 Å². The lowest BCUT2D eigenvalue weighted by Crippen LogP contribution is -2.45. The lowest BCUT2D eigenvalue weighted by molar-refractivity contribution is -0.146. The molecular weight excluding hydrogens is 240 g/mol. The maximum absolute atomic E-state index is 11.5. The summed E-state index contributed by atoms with van der Waals surface area (Å²) in [7, 11) is 1.39. The first-order valence-corrected chi connectivity index (χ1v) is 7.48. The molecule has 4 nitrogen and oxygen atoms in total. The van der Waals surface area contributed by atoms with E-state index in [9.17, 15) is 4.79 Å². The molecule has 0 aromatic heterocycles. The van der Waals surface area contributed by atoms with Gasteiger partial charge in [-0.15, -0.1) is 0 Å². The Labute approximate surface area is 117 Å². The Morgan fingerprint density at radius 3 is 2.53 bits per heavy atom. The minimum absolute atomic E-state index is 0.311. The first-order chi connectivity index (χ1) is 8.86. The lowest BCUT2D eigenvalue weighted by atomic mass is 9.96. The van der Waals surface area contributed by atoms with Crippen molar-refractivity contribution >= 4 is 5.97 Å². The molecule has 1 saturated carbocycles. The van der Waals surface area contributed by atoms with Crippen molar-refractivity contribution < 1.29 is 9.53 Å². The van der Waals surface area contributed by atoms with Crippen LogP contribution >= 0.6 is 0 Å². The number of carbonyl (C=O) groups excluding carboxylic acids is 1. The summed E-state index contributed by atoms with van der Waals surface area (Å²) in [5.74, 6) is 0.407. The monoisotopic (exact) mass is 270 g/mol. The molecule has 1 atom stereocenters. The Morgan fingerprint density at radius 1 is 1.42 bits per heavy atom. The van der Waals surface area contributed by atoms with Crippen molar-refractivity contribution in [2.24, 2.45) is 11.7 Å². The molecule has 0 saturated heterocycles. The number of esters is 1. The van der Waals surface area contributed by atoms with Crippen molar-refractivity contribution in [2.75, 3.05) is 20.2 Å². The standard InChI is InChI=1S/C15H30N2O2/c1-12(2)11-17(13-7-8-13)10-6-5-9-15(3,16)14(18)19-4/h12-13H,5-11,16H2,1-4H3. The molecule has 1 fully saturated rings. The van der Waals surface area contributed by atoms with E-state index in [1.165, 1.54) is 26.5 Å². The predicted octanol–water partition coefficient (Wildman–Crippen LogP) is 2.17. The van der Waals surface area contributed by atoms with Crippen LogP contribution in [-0.2, 0) is 9.53 Å². The summed E-state index contributed by atoms with van der Waals surface area (Å²) in [5.41, 5.74) is 5.12. The number of carbonyl (C=O) groups is 1. The van der Waals surface area contributed by atoms with Crippen molar-refractivity contribution in [2.45, 2.75) is 64.5 Å². The van der Waals surface area contributed by atoms with Crippen LogP contribution in [-0.4, -0.2) is 42.6 Å². The van der Waals surface area contributed by atoms with E-state index in [2.05, 4.69) is 18.7 Å². The number of ether oxygens (including phenoxy) is 1. The number of unbranched alkanes of at least 4 members (excludes halogenated alkanes) is 1. The van der Waals surface area contributed by atoms with E-state index in [-0.39, 0.29) is 5.97 Å². The highest BCUT2D eigenvalue weighted by atomic mass is 16.5. The number of rotatable bonds is 9. The van der Waals surface area contributed by atoms with Crippen LogP contribution < -0.4 is 5.73 Å². The van der Waals surface area contributed by atoms with Crippen LogP contribution in [0.1, 0.15) is 52.9 Å². The highest BCUT2D eigenvalue weighted by Crippen LogP contribution is 2.28. The maximum Gasteiger partial charge on any atom is 0.325 e. The molecule has 0 spiro atoms. The molecule has 1 aliphatic rings. The van der Waals surface area contributed by atoms with Crippen LogP contribution in [0.4, 0.5) is 0 Å². The largest absolute Gasteiger partial charge is 0.468 e. The molecular formula is C15H30N2O2. The molecule has 0 aliphatic heterocycles. The molecule has 4 heteroatoms. The minimum atomic E-state index is -0.836. The van der Waals surface area contributed by atoms with Crippen molar-refractivity contribution in [1.82, 2.24) is 4.90 Å². The van der Waals surface area contributed by atoms with Gasteiger partial charge in [0.25, 0.3) is 0 Å². The fourth-order valence-electron chi connectivity index (χ4n) is 2.47. The first kappa shape index (κ1) is 16.4. The Kier molecular flexibility index (Phi) is 6.27. The third-order valence-electron chi connectivity index (χ3n) is 3.71. The average Bonchev–Trinajstić information content (AvgIpc) is 3.15. The van der Waals surface area contributed by atoms with E-state index in [4.69, 9.17) is 10.5 Å². The maximum atomic E-state index is 11.5. The Hall–Kier alpha value is -0.610. The highest BCUT2D eigenvalue weighted by molar-refractivity contribution is 5.79. The number of nitrogens with two attached hydrogens (primary N) is 1. The molecule has 0 bridgehead atoms. The zero-order valence-electron chi connectivity index (χ0n) is 12.9. The fourth-order valence-corrected chi connectivity index (χ4v) is 2.47. The van der Waals surface area contributed by atoms with Crippen LogP contribution in [0.15, 0.2) is 0 Å². The molecule has 0 heterocycles. The molecule has 1 aliphatic carbocycles. The number of hydrogen-bond acceptors (Lipinski definition) is 4. The summed E-state index contributed by atoms with van der Waals surface area (Å²) in [5, 5.41) is 0. The summed E-state index contributed by atoms with van der Waals surface area (Å²) < 4.78 is 4.72. The van der Waals surface area contributed by atoms with Gasteiger partial charge in [0, 0.05) is 12.6 Å². The van der Waals surface area contributed by atoms with E-state index in [0.29, 0.717) is 6.42 Å². The zero-order chi connectivity index (χ0) is 14.5. The van der Waals surface area contributed by atoms with Gasteiger partial charge >= 0.3 is 5.97 Å². The van der Waals surface area contributed by atoms with Crippen molar-refractivity contribution in [1.29, 1.82) is 0 Å². The second-order valence-electron chi connectivity index (χ2n) is 6.49. The molecule has 19 heavy (non-hydrogen) atoms. The Balaban J connectivity index is 2.23. The molecule has 1 rings (SSSR count).